The number of nitrogens with one attached hydrogen (secondary N) is 1. The van der Waals surface area contributed by atoms with Crippen LogP contribution in [0.25, 0.3) is 0 Å². The summed E-state index contributed by atoms with van der Waals surface area (Å²) in [5.41, 5.74) is 1.25. The fourth-order valence-electron chi connectivity index (χ4n) is 9.12. The third-order valence-corrected chi connectivity index (χ3v) is 12.2. The summed E-state index contributed by atoms with van der Waals surface area (Å²) < 4.78 is 46.0. The normalized spacial score (nSPS) is 25.5. The van der Waals surface area contributed by atoms with E-state index in [9.17, 15) is 37.5 Å². The first kappa shape index (κ1) is 38.2. The summed E-state index contributed by atoms with van der Waals surface area (Å²) in [6.45, 7) is 1.40. The highest BCUT2D eigenvalue weighted by atomic mass is 35.5. The molecule has 4 amide bonds. The van der Waals surface area contributed by atoms with Crippen molar-refractivity contribution in [1.82, 2.24) is 9.99 Å². The fourth-order valence-corrected chi connectivity index (χ4v) is 9.45. The summed E-state index contributed by atoms with van der Waals surface area (Å²) in [5, 5.41) is 12.1. The number of phenolic OH excluding ortho intramolecular Hbond substituents is 1. The maximum atomic E-state index is 15.3. The molecule has 1 aromatic heterocycles. The number of hydrazine groups is 1. The monoisotopic (exact) mass is 818 g/mol. The molecule has 4 aromatic rings. The van der Waals surface area contributed by atoms with Crippen molar-refractivity contribution in [2.45, 2.75) is 37.3 Å². The van der Waals surface area contributed by atoms with E-state index in [1.807, 2.05) is 0 Å². The van der Waals surface area contributed by atoms with Crippen molar-refractivity contribution in [2.24, 2.45) is 23.7 Å². The van der Waals surface area contributed by atoms with Gasteiger partial charge in [-0.15, -0.1) is 0 Å². The lowest BCUT2D eigenvalue weighted by atomic mass is 9.49. The van der Waals surface area contributed by atoms with Crippen LogP contribution >= 0.6 is 23.2 Å². The number of anilines is 2. The first-order valence-electron chi connectivity index (χ1n) is 17.8. The number of nitrogens with zero attached hydrogens (tertiary/aromatic N) is 3. The Hall–Kier alpha value is -5.73. The van der Waals surface area contributed by atoms with Gasteiger partial charge < -0.3 is 9.84 Å². The van der Waals surface area contributed by atoms with E-state index in [1.54, 1.807) is 30.3 Å². The SMILES string of the molecule is COc1ccc(O)c([C@H]2C3=CC[C@@H]4C(=O)N(c5ccc(C(C)=O)cc5)C(=O)[C@@H]4[C@@H]3C[C@H]3C(=O)N(Nc4ncc(C(F)(F)F)cc4Cl)C(=O)[C@@]23c2ccc(Cl)cc2)c1. The van der Waals surface area contributed by atoms with Gasteiger partial charge in [0.05, 0.1) is 46.6 Å². The van der Waals surface area contributed by atoms with E-state index in [0.29, 0.717) is 44.7 Å². The number of aromatic hydroxyl groups is 1. The van der Waals surface area contributed by atoms with Gasteiger partial charge in [-0.25, -0.2) is 4.98 Å². The third kappa shape index (κ3) is 5.87. The molecule has 11 nitrogen and oxygen atoms in total. The Balaban J connectivity index is 1.31. The number of ether oxygens (including phenoxy) is 1. The molecule has 1 saturated carbocycles. The Morgan fingerprint density at radius 2 is 1.65 bits per heavy atom. The molecule has 16 heteroatoms. The number of phenols is 1. The predicted molar refractivity (Wildman–Crippen MR) is 200 cm³/mol. The highest BCUT2D eigenvalue weighted by Crippen LogP contribution is 2.65. The number of pyridine rings is 1. The number of alkyl halides is 3. The molecule has 3 fully saturated rings. The molecule has 2 aliphatic heterocycles. The second-order valence-electron chi connectivity index (χ2n) is 14.5. The van der Waals surface area contributed by atoms with Crippen molar-refractivity contribution in [3.05, 3.63) is 123 Å². The Morgan fingerprint density at radius 1 is 0.947 bits per heavy atom. The number of rotatable bonds is 7. The molecular formula is C41H31Cl2F3N4O7. The number of amides is 4. The number of carbonyl (C=O) groups excluding carboxylic acids is 5. The first-order valence-corrected chi connectivity index (χ1v) is 18.5. The minimum atomic E-state index is -4.78. The number of hydrogen-bond acceptors (Lipinski definition) is 9. The smallest absolute Gasteiger partial charge is 0.417 e. The number of methoxy groups -OCH3 is 1. The number of aromatic nitrogens is 1. The molecule has 8 rings (SSSR count). The number of carbonyl (C=O) groups is 5. The second kappa shape index (κ2) is 13.7. The van der Waals surface area contributed by atoms with E-state index in [1.165, 1.54) is 56.5 Å². The van der Waals surface area contributed by atoms with E-state index in [4.69, 9.17) is 27.9 Å². The molecule has 57 heavy (non-hydrogen) atoms. The first-order chi connectivity index (χ1) is 27.1. The van der Waals surface area contributed by atoms with Crippen molar-refractivity contribution in [3.63, 3.8) is 0 Å². The minimum Gasteiger partial charge on any atom is -0.508 e. The largest absolute Gasteiger partial charge is 0.508 e. The molecule has 4 aliphatic rings. The van der Waals surface area contributed by atoms with E-state index >= 15 is 4.79 Å². The number of hydrogen-bond donors (Lipinski definition) is 2. The molecule has 292 valence electrons. The van der Waals surface area contributed by atoms with E-state index < -0.39 is 81.2 Å². The van der Waals surface area contributed by atoms with Crippen molar-refractivity contribution in [2.75, 3.05) is 17.4 Å². The molecule has 6 atom stereocenters. The topological polar surface area (TPSA) is 146 Å². The highest BCUT2D eigenvalue weighted by Gasteiger charge is 2.71. The molecule has 3 heterocycles. The molecule has 0 unspecified atom stereocenters. The van der Waals surface area contributed by atoms with E-state index in [-0.39, 0.29) is 35.6 Å². The van der Waals surface area contributed by atoms with Gasteiger partial charge in [-0.2, -0.15) is 18.2 Å². The summed E-state index contributed by atoms with van der Waals surface area (Å²) in [6.07, 6.45) is -2.51. The summed E-state index contributed by atoms with van der Waals surface area (Å²) in [5.74, 6) is -8.28. The average molecular weight is 820 g/mol. The van der Waals surface area contributed by atoms with Gasteiger partial charge in [0.1, 0.15) is 11.5 Å². The lowest BCUT2D eigenvalue weighted by Gasteiger charge is -2.50. The number of benzene rings is 3. The molecule has 3 aromatic carbocycles. The van der Waals surface area contributed by atoms with Crippen LogP contribution in [-0.2, 0) is 30.8 Å². The van der Waals surface area contributed by atoms with Crippen LogP contribution in [0.1, 0.15) is 52.7 Å². The van der Waals surface area contributed by atoms with Crippen LogP contribution in [0.5, 0.6) is 11.5 Å². The zero-order chi connectivity index (χ0) is 40.7. The fraction of sp³-hybridized carbons (Fsp3) is 0.268. The van der Waals surface area contributed by atoms with Crippen LogP contribution in [0.4, 0.5) is 24.7 Å². The molecule has 0 radical (unpaired) electrons. The van der Waals surface area contributed by atoms with Crippen molar-refractivity contribution < 1.29 is 47.0 Å². The lowest BCUT2D eigenvalue weighted by Crippen LogP contribution is -2.53. The summed E-state index contributed by atoms with van der Waals surface area (Å²) >= 11 is 12.6. The van der Waals surface area contributed by atoms with Crippen LogP contribution in [0.3, 0.4) is 0 Å². The van der Waals surface area contributed by atoms with Gasteiger partial charge in [0.15, 0.2) is 11.6 Å². The van der Waals surface area contributed by atoms with Gasteiger partial charge in [0.25, 0.3) is 11.8 Å². The lowest BCUT2D eigenvalue weighted by molar-refractivity contribution is -0.139. The van der Waals surface area contributed by atoms with Crippen molar-refractivity contribution in [3.8, 4) is 11.5 Å². The molecule has 0 bridgehead atoms. The number of imide groups is 2. The Morgan fingerprint density at radius 3 is 2.28 bits per heavy atom. The van der Waals surface area contributed by atoms with Crippen LogP contribution in [0.15, 0.2) is 90.6 Å². The number of ketones is 1. The molecule has 2 saturated heterocycles. The van der Waals surface area contributed by atoms with Crippen LogP contribution in [0, 0.1) is 23.7 Å². The quantitative estimate of drug-likeness (QED) is 0.110. The average Bonchev–Trinajstić information content (AvgIpc) is 3.56. The molecular weight excluding hydrogens is 788 g/mol. The predicted octanol–water partition coefficient (Wildman–Crippen LogP) is 7.51. The number of allylic oxidation sites excluding steroid dienone is 2. The highest BCUT2D eigenvalue weighted by molar-refractivity contribution is 6.33. The molecule has 2 aliphatic carbocycles. The van der Waals surface area contributed by atoms with Gasteiger partial charge in [0.2, 0.25) is 11.8 Å². The summed E-state index contributed by atoms with van der Waals surface area (Å²) in [4.78, 5) is 75.7. The van der Waals surface area contributed by atoms with Gasteiger partial charge in [-0.05, 0) is 91.9 Å². The number of halogens is 5. The van der Waals surface area contributed by atoms with Gasteiger partial charge in [-0.1, -0.05) is 47.0 Å². The van der Waals surface area contributed by atoms with Crippen LogP contribution in [0.2, 0.25) is 10.0 Å². The Kier molecular flexibility index (Phi) is 9.19. The molecule has 0 spiro atoms. The maximum Gasteiger partial charge on any atom is 0.417 e. The van der Waals surface area contributed by atoms with Gasteiger partial charge >= 0.3 is 6.18 Å². The van der Waals surface area contributed by atoms with E-state index in [2.05, 4.69) is 10.4 Å². The Bertz CT molecular complexity index is 2420. The standard InChI is InChI=1S/C41H31Cl2F3N4O7/c1-19(51)20-3-9-24(10-4-20)49-36(53)27-13-12-26-28(33(27)38(49)55)17-30-37(54)50(48-35-31(43)15-22(18-47-35)41(44,45)46)39(56)40(30,21-5-7-23(42)8-6-21)34(26)29-16-25(57-2)11-14-32(29)52/h3-12,14-16,18,27-28,30,33-34,52H,13,17H2,1-2H3,(H,47,48)/t27-,28+,30-,33-,34+,40+/m0/s1. The summed E-state index contributed by atoms with van der Waals surface area (Å²) in [7, 11) is 1.42. The zero-order valence-electron chi connectivity index (χ0n) is 30.0. The van der Waals surface area contributed by atoms with Crippen LogP contribution < -0.4 is 15.1 Å². The minimum absolute atomic E-state index is 0.0842. The Labute approximate surface area is 333 Å². The van der Waals surface area contributed by atoms with Crippen molar-refractivity contribution in [1.29, 1.82) is 0 Å². The third-order valence-electron chi connectivity index (χ3n) is 11.6. The summed E-state index contributed by atoms with van der Waals surface area (Å²) in [6, 6.07) is 17.4. The van der Waals surface area contributed by atoms with Gasteiger partial charge in [0, 0.05) is 28.3 Å². The number of Topliss-reactive ketones (excluding diaryl/α,β-unsaturated/α-hetero) is 1. The van der Waals surface area contributed by atoms with Crippen LogP contribution in [-0.4, -0.2) is 51.6 Å². The van der Waals surface area contributed by atoms with Crippen molar-refractivity contribution >= 4 is 64.1 Å². The van der Waals surface area contributed by atoms with Gasteiger partial charge in [-0.3, -0.25) is 34.3 Å². The zero-order valence-corrected chi connectivity index (χ0v) is 31.5. The number of fused-ring (bicyclic) bond motifs is 4. The molecule has 2 N–H and O–H groups in total. The van der Waals surface area contributed by atoms with E-state index in [0.717, 1.165) is 4.90 Å². The maximum absolute atomic E-state index is 15.3. The second-order valence-corrected chi connectivity index (χ2v) is 15.3.